The normalized spacial score (nSPS) is 10.7. The van der Waals surface area contributed by atoms with E-state index < -0.39 is 17.6 Å². The fraction of sp³-hybridized carbons (Fsp3) is 0.158. The van der Waals surface area contributed by atoms with E-state index in [0.717, 1.165) is 6.07 Å². The van der Waals surface area contributed by atoms with Crippen LogP contribution in [0.5, 0.6) is 5.75 Å². The molecule has 0 aliphatic carbocycles. The number of nitrogens with one attached hydrogen (secondary N) is 1. The molecule has 3 aromatic rings. The molecule has 0 atom stereocenters. The molecule has 1 aromatic heterocycles. The lowest BCUT2D eigenvalue weighted by Crippen LogP contribution is -2.17. The quantitative estimate of drug-likeness (QED) is 0.621. The van der Waals surface area contributed by atoms with Gasteiger partial charge in [0.15, 0.2) is 0 Å². The molecule has 0 saturated heterocycles. The Morgan fingerprint density at radius 2 is 2.00 bits per heavy atom. The number of ether oxygens (including phenoxy) is 2. The van der Waals surface area contributed by atoms with Gasteiger partial charge in [0, 0.05) is 18.1 Å². The Balaban J connectivity index is 1.90. The molecule has 2 aromatic carbocycles. The fourth-order valence-corrected chi connectivity index (χ4v) is 2.52. The van der Waals surface area contributed by atoms with Crippen LogP contribution in [0.4, 0.5) is 10.1 Å². The van der Waals surface area contributed by atoms with Crippen LogP contribution in [-0.2, 0) is 4.74 Å². The molecule has 1 heterocycles. The standard InChI is InChI=1S/C19H17FN2O5/c1-25-7-8-26-13-4-2-3-11(9-13)19(24)22-16-14-10-12(20)5-6-15(14)27-17(16)18(21)23/h2-6,9-10H,7-8H2,1H3,(H2,21,23)(H,22,24). The molecule has 27 heavy (non-hydrogen) atoms. The predicted molar refractivity (Wildman–Crippen MR) is 96.5 cm³/mol. The van der Waals surface area contributed by atoms with Crippen molar-refractivity contribution in [2.24, 2.45) is 5.73 Å². The number of fused-ring (bicyclic) bond motifs is 1. The summed E-state index contributed by atoms with van der Waals surface area (Å²) in [6.45, 7) is 0.740. The lowest BCUT2D eigenvalue weighted by atomic mass is 10.1. The third-order valence-corrected chi connectivity index (χ3v) is 3.76. The summed E-state index contributed by atoms with van der Waals surface area (Å²) in [5.74, 6) is -1.71. The van der Waals surface area contributed by atoms with Crippen LogP contribution >= 0.6 is 0 Å². The van der Waals surface area contributed by atoms with Gasteiger partial charge in [0.05, 0.1) is 6.61 Å². The third-order valence-electron chi connectivity index (χ3n) is 3.76. The molecule has 8 heteroatoms. The Kier molecular flexibility index (Phi) is 5.37. The van der Waals surface area contributed by atoms with E-state index in [4.69, 9.17) is 19.6 Å². The van der Waals surface area contributed by atoms with Gasteiger partial charge in [0.25, 0.3) is 11.8 Å². The molecular weight excluding hydrogens is 355 g/mol. The van der Waals surface area contributed by atoms with Crippen molar-refractivity contribution in [1.82, 2.24) is 0 Å². The topological polar surface area (TPSA) is 104 Å². The second kappa shape index (κ2) is 7.88. The second-order valence-corrected chi connectivity index (χ2v) is 5.63. The lowest BCUT2D eigenvalue weighted by Gasteiger charge is -2.08. The molecule has 0 unspecified atom stereocenters. The third kappa shape index (κ3) is 4.06. The number of anilines is 1. The summed E-state index contributed by atoms with van der Waals surface area (Å²) in [6.07, 6.45) is 0. The van der Waals surface area contributed by atoms with E-state index >= 15 is 0 Å². The van der Waals surface area contributed by atoms with Crippen LogP contribution in [0.25, 0.3) is 11.0 Å². The highest BCUT2D eigenvalue weighted by Crippen LogP contribution is 2.32. The molecule has 0 radical (unpaired) electrons. The lowest BCUT2D eigenvalue weighted by molar-refractivity contribution is 0.0977. The molecule has 2 amide bonds. The summed E-state index contributed by atoms with van der Waals surface area (Å²) in [7, 11) is 1.56. The van der Waals surface area contributed by atoms with E-state index in [2.05, 4.69) is 5.32 Å². The van der Waals surface area contributed by atoms with Crippen LogP contribution in [0.1, 0.15) is 20.9 Å². The fourth-order valence-electron chi connectivity index (χ4n) is 2.52. The number of methoxy groups -OCH3 is 1. The van der Waals surface area contributed by atoms with Crippen LogP contribution in [0, 0.1) is 5.82 Å². The highest BCUT2D eigenvalue weighted by molar-refractivity contribution is 6.14. The van der Waals surface area contributed by atoms with Gasteiger partial charge >= 0.3 is 0 Å². The Bertz CT molecular complexity index is 999. The van der Waals surface area contributed by atoms with E-state index in [1.807, 2.05) is 0 Å². The molecule has 0 aliphatic rings. The maximum Gasteiger partial charge on any atom is 0.286 e. The van der Waals surface area contributed by atoms with Gasteiger partial charge < -0.3 is 24.9 Å². The van der Waals surface area contributed by atoms with Crippen LogP contribution in [0.15, 0.2) is 46.9 Å². The number of carbonyl (C=O) groups excluding carboxylic acids is 2. The van der Waals surface area contributed by atoms with E-state index in [1.54, 1.807) is 25.3 Å². The minimum atomic E-state index is -0.876. The summed E-state index contributed by atoms with van der Waals surface area (Å²) >= 11 is 0. The van der Waals surface area contributed by atoms with Crippen molar-refractivity contribution in [3.8, 4) is 5.75 Å². The van der Waals surface area contributed by atoms with Gasteiger partial charge in [-0.3, -0.25) is 9.59 Å². The van der Waals surface area contributed by atoms with Crippen LogP contribution in [-0.4, -0.2) is 32.1 Å². The van der Waals surface area contributed by atoms with E-state index in [9.17, 15) is 14.0 Å². The molecule has 3 rings (SSSR count). The van der Waals surface area contributed by atoms with Gasteiger partial charge in [0.2, 0.25) is 5.76 Å². The first-order valence-corrected chi connectivity index (χ1v) is 8.04. The number of hydrogen-bond donors (Lipinski definition) is 2. The number of amides is 2. The largest absolute Gasteiger partial charge is 0.491 e. The average molecular weight is 372 g/mol. The minimum absolute atomic E-state index is 0.0210. The number of hydrogen-bond acceptors (Lipinski definition) is 5. The predicted octanol–water partition coefficient (Wildman–Crippen LogP) is 2.95. The number of carbonyl (C=O) groups is 2. The number of nitrogens with two attached hydrogens (primary N) is 1. The zero-order valence-corrected chi connectivity index (χ0v) is 14.5. The molecule has 0 fully saturated rings. The molecule has 3 N–H and O–H groups in total. The van der Waals surface area contributed by atoms with Crippen LogP contribution < -0.4 is 15.8 Å². The Morgan fingerprint density at radius 1 is 1.19 bits per heavy atom. The zero-order valence-electron chi connectivity index (χ0n) is 14.5. The summed E-state index contributed by atoms with van der Waals surface area (Å²) in [4.78, 5) is 24.3. The molecule has 0 saturated carbocycles. The van der Waals surface area contributed by atoms with Crippen molar-refractivity contribution in [2.45, 2.75) is 0 Å². The van der Waals surface area contributed by atoms with Crippen LogP contribution in [0.2, 0.25) is 0 Å². The monoisotopic (exact) mass is 372 g/mol. The van der Waals surface area contributed by atoms with Gasteiger partial charge in [-0.25, -0.2) is 4.39 Å². The number of rotatable bonds is 7. The maximum atomic E-state index is 13.6. The molecule has 7 nitrogen and oxygen atoms in total. The SMILES string of the molecule is COCCOc1cccc(C(=O)Nc2c(C(N)=O)oc3ccc(F)cc23)c1. The van der Waals surface area contributed by atoms with Gasteiger partial charge in [-0.15, -0.1) is 0 Å². The van der Waals surface area contributed by atoms with E-state index in [-0.39, 0.29) is 28.0 Å². The van der Waals surface area contributed by atoms with Crippen molar-refractivity contribution >= 4 is 28.5 Å². The Morgan fingerprint density at radius 3 is 2.74 bits per heavy atom. The van der Waals surface area contributed by atoms with Crippen molar-refractivity contribution in [3.05, 3.63) is 59.6 Å². The summed E-state index contributed by atoms with van der Waals surface area (Å²) in [6, 6.07) is 10.2. The minimum Gasteiger partial charge on any atom is -0.491 e. The number of primary amides is 1. The van der Waals surface area contributed by atoms with Crippen molar-refractivity contribution in [2.75, 3.05) is 25.6 Å². The highest BCUT2D eigenvalue weighted by Gasteiger charge is 2.21. The highest BCUT2D eigenvalue weighted by atomic mass is 19.1. The first-order chi connectivity index (χ1) is 13.0. The van der Waals surface area contributed by atoms with Gasteiger partial charge in [0.1, 0.15) is 29.4 Å². The number of halogens is 1. The first-order valence-electron chi connectivity index (χ1n) is 8.04. The summed E-state index contributed by atoms with van der Waals surface area (Å²) < 4.78 is 29.3. The Hall–Kier alpha value is -3.39. The molecular formula is C19H17FN2O5. The van der Waals surface area contributed by atoms with Crippen molar-refractivity contribution in [3.63, 3.8) is 0 Å². The Labute approximate surface area is 153 Å². The molecule has 0 aliphatic heterocycles. The smallest absolute Gasteiger partial charge is 0.286 e. The number of benzene rings is 2. The van der Waals surface area contributed by atoms with Crippen molar-refractivity contribution in [1.29, 1.82) is 0 Å². The van der Waals surface area contributed by atoms with Gasteiger partial charge in [-0.2, -0.15) is 0 Å². The molecule has 140 valence electrons. The zero-order chi connectivity index (χ0) is 19.4. The summed E-state index contributed by atoms with van der Waals surface area (Å²) in [5, 5.41) is 2.81. The maximum absolute atomic E-state index is 13.6. The van der Waals surface area contributed by atoms with Gasteiger partial charge in [-0.05, 0) is 36.4 Å². The van der Waals surface area contributed by atoms with E-state index in [0.29, 0.717) is 19.0 Å². The molecule has 0 bridgehead atoms. The molecule has 0 spiro atoms. The number of furan rings is 1. The van der Waals surface area contributed by atoms with E-state index in [1.165, 1.54) is 18.2 Å². The first kappa shape index (κ1) is 18.4. The van der Waals surface area contributed by atoms with Gasteiger partial charge in [-0.1, -0.05) is 6.07 Å². The second-order valence-electron chi connectivity index (χ2n) is 5.63. The average Bonchev–Trinajstić information content (AvgIpc) is 3.00. The van der Waals surface area contributed by atoms with Crippen LogP contribution in [0.3, 0.4) is 0 Å². The summed E-state index contributed by atoms with van der Waals surface area (Å²) in [5.41, 5.74) is 5.85. The van der Waals surface area contributed by atoms with Crippen molar-refractivity contribution < 1.29 is 27.9 Å².